The van der Waals surface area contributed by atoms with Gasteiger partial charge in [-0.3, -0.25) is 14.9 Å². The third-order valence-electron chi connectivity index (χ3n) is 4.65. The molecule has 0 bridgehead atoms. The summed E-state index contributed by atoms with van der Waals surface area (Å²) >= 11 is 5.90. The summed E-state index contributed by atoms with van der Waals surface area (Å²) in [5.41, 5.74) is 0.547. The van der Waals surface area contributed by atoms with Crippen molar-refractivity contribution in [3.8, 4) is 5.75 Å². The Hall–Kier alpha value is -2.65. The number of nitrogens with zero attached hydrogens (tertiary/aromatic N) is 2. The maximum Gasteiger partial charge on any atom is 0.310 e. The number of carbonyl (C=O) groups excluding carboxylic acids is 1. The first-order chi connectivity index (χ1) is 13.7. The highest BCUT2D eigenvalue weighted by atomic mass is 35.5. The van der Waals surface area contributed by atoms with Crippen molar-refractivity contribution in [2.45, 2.75) is 19.0 Å². The van der Waals surface area contributed by atoms with E-state index in [0.29, 0.717) is 11.4 Å². The number of ether oxygens (including phenoxy) is 1. The van der Waals surface area contributed by atoms with Gasteiger partial charge < -0.3 is 9.64 Å². The van der Waals surface area contributed by atoms with E-state index in [-0.39, 0.29) is 29.5 Å². The summed E-state index contributed by atoms with van der Waals surface area (Å²) in [6.45, 7) is -0.245. The molecule has 1 amide bonds. The molecular formula is C19H19ClN2O6S. The van der Waals surface area contributed by atoms with Gasteiger partial charge in [-0.1, -0.05) is 35.9 Å². The number of nitro groups is 1. The maximum absolute atomic E-state index is 12.9. The number of hydrogen-bond acceptors (Lipinski definition) is 6. The molecule has 0 unspecified atom stereocenters. The highest BCUT2D eigenvalue weighted by Gasteiger charge is 2.35. The quantitative estimate of drug-likeness (QED) is 0.486. The van der Waals surface area contributed by atoms with Crippen molar-refractivity contribution >= 4 is 33.0 Å². The summed E-state index contributed by atoms with van der Waals surface area (Å²) in [4.78, 5) is 24.9. The average molecular weight is 439 g/mol. The van der Waals surface area contributed by atoms with Gasteiger partial charge in [0.15, 0.2) is 22.2 Å². The molecule has 29 heavy (non-hydrogen) atoms. The molecule has 2 aromatic rings. The number of nitro benzene ring substituents is 1. The predicted molar refractivity (Wildman–Crippen MR) is 108 cm³/mol. The van der Waals surface area contributed by atoms with Crippen LogP contribution in [-0.4, -0.2) is 48.3 Å². The Morgan fingerprint density at radius 2 is 1.90 bits per heavy atom. The van der Waals surface area contributed by atoms with Gasteiger partial charge in [0.05, 0.1) is 16.4 Å². The molecule has 154 valence electrons. The maximum atomic E-state index is 12.9. The standard InChI is InChI=1S/C19H19ClN2O6S/c20-15-7-5-14(6-8-15)11-21(16-9-10-29(26,27)13-16)19(23)12-28-18-4-2-1-3-17(18)22(24)25/h1-8,16H,9-13H2/t16-/m0/s1. The molecule has 1 aliphatic rings. The highest BCUT2D eigenvalue weighted by molar-refractivity contribution is 7.91. The Labute approximate surface area is 173 Å². The largest absolute Gasteiger partial charge is 0.477 e. The van der Waals surface area contributed by atoms with E-state index in [1.165, 1.54) is 23.1 Å². The zero-order valence-corrected chi connectivity index (χ0v) is 16.9. The van der Waals surface area contributed by atoms with Crippen LogP contribution in [0.25, 0.3) is 0 Å². The zero-order chi connectivity index (χ0) is 21.0. The SMILES string of the molecule is O=C(COc1ccccc1[N+](=O)[O-])N(Cc1ccc(Cl)cc1)[C@H]1CCS(=O)(=O)C1. The van der Waals surface area contributed by atoms with Crippen molar-refractivity contribution in [1.29, 1.82) is 0 Å². The van der Waals surface area contributed by atoms with Gasteiger partial charge in [-0.2, -0.15) is 0 Å². The second kappa shape index (κ2) is 8.79. The molecule has 1 aliphatic heterocycles. The van der Waals surface area contributed by atoms with Crippen LogP contribution in [0.3, 0.4) is 0 Å². The molecule has 0 saturated carbocycles. The topological polar surface area (TPSA) is 107 Å². The van der Waals surface area contributed by atoms with Crippen molar-refractivity contribution < 1.29 is 22.9 Å². The molecule has 10 heteroatoms. The van der Waals surface area contributed by atoms with Crippen molar-refractivity contribution in [2.24, 2.45) is 0 Å². The molecule has 0 aliphatic carbocycles. The molecule has 1 atom stereocenters. The van der Waals surface area contributed by atoms with E-state index in [1.54, 1.807) is 30.3 Å². The van der Waals surface area contributed by atoms with Crippen LogP contribution in [0, 0.1) is 10.1 Å². The van der Waals surface area contributed by atoms with E-state index in [4.69, 9.17) is 16.3 Å². The van der Waals surface area contributed by atoms with Crippen LogP contribution in [0.5, 0.6) is 5.75 Å². The Kier molecular flexibility index (Phi) is 6.39. The third kappa shape index (κ3) is 5.45. The summed E-state index contributed by atoms with van der Waals surface area (Å²) in [5, 5.41) is 11.7. The van der Waals surface area contributed by atoms with E-state index in [0.717, 1.165) is 5.56 Å². The zero-order valence-electron chi connectivity index (χ0n) is 15.4. The molecule has 3 rings (SSSR count). The fourth-order valence-corrected chi connectivity index (χ4v) is 5.04. The molecule has 1 saturated heterocycles. The summed E-state index contributed by atoms with van der Waals surface area (Å²) < 4.78 is 29.2. The number of carbonyl (C=O) groups is 1. The van der Waals surface area contributed by atoms with Crippen LogP contribution < -0.4 is 4.74 Å². The molecule has 2 aromatic carbocycles. The lowest BCUT2D eigenvalue weighted by Gasteiger charge is -2.28. The van der Waals surface area contributed by atoms with Crippen LogP contribution in [0.1, 0.15) is 12.0 Å². The number of halogens is 1. The fraction of sp³-hybridized carbons (Fsp3) is 0.316. The van der Waals surface area contributed by atoms with Crippen LogP contribution >= 0.6 is 11.6 Å². The first-order valence-electron chi connectivity index (χ1n) is 8.86. The summed E-state index contributed by atoms with van der Waals surface area (Å²) in [6.07, 6.45) is 0.340. The number of sulfone groups is 1. The Morgan fingerprint density at radius 1 is 1.21 bits per heavy atom. The van der Waals surface area contributed by atoms with Gasteiger partial charge in [-0.05, 0) is 30.2 Å². The molecule has 1 fully saturated rings. The average Bonchev–Trinajstić information content (AvgIpc) is 3.05. The third-order valence-corrected chi connectivity index (χ3v) is 6.65. The molecular weight excluding hydrogens is 420 g/mol. The van der Waals surface area contributed by atoms with Crippen LogP contribution in [-0.2, 0) is 21.2 Å². The van der Waals surface area contributed by atoms with E-state index in [1.807, 2.05) is 0 Å². The fourth-order valence-electron chi connectivity index (χ4n) is 3.18. The summed E-state index contributed by atoms with van der Waals surface area (Å²) in [7, 11) is -3.20. The van der Waals surface area contributed by atoms with Gasteiger partial charge in [-0.25, -0.2) is 8.42 Å². The first-order valence-corrected chi connectivity index (χ1v) is 11.1. The molecule has 0 radical (unpaired) electrons. The minimum absolute atomic E-state index is 0.0173. The number of benzene rings is 2. The second-order valence-corrected chi connectivity index (χ2v) is 9.38. The van der Waals surface area contributed by atoms with Gasteiger partial charge in [0.2, 0.25) is 0 Å². The molecule has 0 N–H and O–H groups in total. The lowest BCUT2D eigenvalue weighted by atomic mass is 10.1. The van der Waals surface area contributed by atoms with Gasteiger partial charge in [0, 0.05) is 23.7 Å². The van der Waals surface area contributed by atoms with E-state index < -0.39 is 33.3 Å². The smallest absolute Gasteiger partial charge is 0.310 e. The highest BCUT2D eigenvalue weighted by Crippen LogP contribution is 2.26. The molecule has 0 aromatic heterocycles. The van der Waals surface area contributed by atoms with Crippen LogP contribution in [0.2, 0.25) is 5.02 Å². The van der Waals surface area contributed by atoms with E-state index >= 15 is 0 Å². The van der Waals surface area contributed by atoms with Gasteiger partial charge in [-0.15, -0.1) is 0 Å². The lowest BCUT2D eigenvalue weighted by molar-refractivity contribution is -0.385. The van der Waals surface area contributed by atoms with Crippen molar-refractivity contribution in [3.05, 3.63) is 69.2 Å². The van der Waals surface area contributed by atoms with Crippen LogP contribution in [0.4, 0.5) is 5.69 Å². The Balaban J connectivity index is 1.77. The second-order valence-electron chi connectivity index (χ2n) is 6.72. The van der Waals surface area contributed by atoms with Gasteiger partial charge >= 0.3 is 5.69 Å². The number of rotatable bonds is 7. The van der Waals surface area contributed by atoms with Crippen molar-refractivity contribution in [3.63, 3.8) is 0 Å². The normalized spacial score (nSPS) is 17.6. The summed E-state index contributed by atoms with van der Waals surface area (Å²) in [6, 6.07) is 12.2. The van der Waals surface area contributed by atoms with E-state index in [2.05, 4.69) is 0 Å². The monoisotopic (exact) mass is 438 g/mol. The van der Waals surface area contributed by atoms with Gasteiger partial charge in [0.25, 0.3) is 5.91 Å². The Bertz CT molecular complexity index is 1010. The lowest BCUT2D eigenvalue weighted by Crippen LogP contribution is -2.43. The van der Waals surface area contributed by atoms with Crippen molar-refractivity contribution in [1.82, 2.24) is 4.90 Å². The van der Waals surface area contributed by atoms with E-state index in [9.17, 15) is 23.3 Å². The Morgan fingerprint density at radius 3 is 2.52 bits per heavy atom. The number of para-hydroxylation sites is 2. The van der Waals surface area contributed by atoms with Crippen molar-refractivity contribution in [2.75, 3.05) is 18.1 Å². The minimum atomic E-state index is -3.20. The molecule has 8 nitrogen and oxygen atoms in total. The molecule has 1 heterocycles. The first kappa shape index (κ1) is 21.1. The van der Waals surface area contributed by atoms with Crippen LogP contribution in [0.15, 0.2) is 48.5 Å². The number of amides is 1. The predicted octanol–water partition coefficient (Wildman–Crippen LogP) is 2.84. The number of hydrogen-bond donors (Lipinski definition) is 0. The summed E-state index contributed by atoms with van der Waals surface area (Å²) in [5.74, 6) is -0.554. The molecule has 0 spiro atoms. The van der Waals surface area contributed by atoms with Gasteiger partial charge in [0.1, 0.15) is 0 Å². The minimum Gasteiger partial charge on any atom is -0.477 e.